The van der Waals surface area contributed by atoms with Gasteiger partial charge in [0.05, 0.1) is 0 Å². The van der Waals surface area contributed by atoms with Crippen LogP contribution < -0.4 is 0 Å². The molecule has 0 aliphatic carbocycles. The van der Waals surface area contributed by atoms with Crippen molar-refractivity contribution in [3.8, 4) is 0 Å². The Balaban J connectivity index is 4.76. The van der Waals surface area contributed by atoms with Crippen molar-refractivity contribution >= 4 is 11.9 Å². The van der Waals surface area contributed by atoms with Crippen LogP contribution in [0.25, 0.3) is 0 Å². The van der Waals surface area contributed by atoms with E-state index < -0.39 is 11.5 Å². The van der Waals surface area contributed by atoms with Crippen molar-refractivity contribution in [3.05, 3.63) is 0 Å². The van der Waals surface area contributed by atoms with E-state index in [-0.39, 0.29) is 18.4 Å². The minimum Gasteiger partial charge on any atom is -0.480 e. The molecule has 4 heteroatoms. The van der Waals surface area contributed by atoms with Gasteiger partial charge in [-0.3, -0.25) is 9.59 Å². The molecule has 4 nitrogen and oxygen atoms in total. The number of amides is 1. The molecule has 0 aromatic heterocycles. The molecule has 16 heavy (non-hydrogen) atoms. The third kappa shape index (κ3) is 4.64. The molecule has 0 spiro atoms. The van der Waals surface area contributed by atoms with E-state index in [1.165, 1.54) is 4.90 Å². The number of aliphatic carboxylic acids is 1. The Morgan fingerprint density at radius 2 is 1.81 bits per heavy atom. The zero-order valence-corrected chi connectivity index (χ0v) is 10.9. The molecule has 0 aliphatic heterocycles. The summed E-state index contributed by atoms with van der Waals surface area (Å²) in [6.07, 6.45) is 1.73. The number of carbonyl (C=O) groups excluding carboxylic acids is 1. The molecule has 0 heterocycles. The molecule has 1 amide bonds. The number of hydrogen-bond acceptors (Lipinski definition) is 2. The van der Waals surface area contributed by atoms with Gasteiger partial charge in [0.25, 0.3) is 0 Å². The van der Waals surface area contributed by atoms with E-state index in [4.69, 9.17) is 5.11 Å². The third-order valence-corrected chi connectivity index (χ3v) is 2.51. The Hall–Kier alpha value is -1.06. The minimum atomic E-state index is -0.966. The average molecular weight is 229 g/mol. The van der Waals surface area contributed by atoms with Crippen LogP contribution in [0, 0.1) is 5.92 Å². The first-order chi connectivity index (χ1) is 7.20. The van der Waals surface area contributed by atoms with Crippen LogP contribution in [-0.2, 0) is 9.59 Å². The van der Waals surface area contributed by atoms with Crippen molar-refractivity contribution in [3.63, 3.8) is 0 Å². The van der Waals surface area contributed by atoms with Gasteiger partial charge in [0.2, 0.25) is 5.91 Å². The molecular weight excluding hydrogens is 206 g/mol. The van der Waals surface area contributed by atoms with Gasteiger partial charge >= 0.3 is 5.97 Å². The minimum absolute atomic E-state index is 0.0725. The summed E-state index contributed by atoms with van der Waals surface area (Å²) in [7, 11) is 0. The van der Waals surface area contributed by atoms with Crippen molar-refractivity contribution in [1.29, 1.82) is 0 Å². The van der Waals surface area contributed by atoms with Crippen LogP contribution in [0.3, 0.4) is 0 Å². The van der Waals surface area contributed by atoms with E-state index in [0.29, 0.717) is 0 Å². The summed E-state index contributed by atoms with van der Waals surface area (Å²) >= 11 is 0. The van der Waals surface area contributed by atoms with E-state index in [1.807, 2.05) is 34.6 Å². The lowest BCUT2D eigenvalue weighted by Gasteiger charge is -2.36. The first-order valence-corrected chi connectivity index (χ1v) is 5.73. The molecule has 0 aromatic rings. The van der Waals surface area contributed by atoms with Crippen LogP contribution in [0.2, 0.25) is 0 Å². The molecule has 0 aromatic carbocycles. The van der Waals surface area contributed by atoms with Crippen molar-refractivity contribution in [2.45, 2.75) is 53.0 Å². The predicted molar refractivity (Wildman–Crippen MR) is 63.2 cm³/mol. The SMILES string of the molecule is CCCC(C)C(=O)N(CC(=O)O)C(C)(C)C. The summed E-state index contributed by atoms with van der Waals surface area (Å²) in [5.41, 5.74) is -0.447. The van der Waals surface area contributed by atoms with Crippen molar-refractivity contribution in [1.82, 2.24) is 4.90 Å². The second-order valence-corrected chi connectivity index (χ2v) is 5.18. The molecule has 0 fully saturated rings. The Labute approximate surface area is 97.6 Å². The summed E-state index contributed by atoms with van der Waals surface area (Å²) in [6, 6.07) is 0. The largest absolute Gasteiger partial charge is 0.480 e. The zero-order valence-electron chi connectivity index (χ0n) is 10.9. The second-order valence-electron chi connectivity index (χ2n) is 5.18. The monoisotopic (exact) mass is 229 g/mol. The maximum atomic E-state index is 12.1. The first kappa shape index (κ1) is 14.9. The molecule has 0 bridgehead atoms. The van der Waals surface area contributed by atoms with E-state index in [2.05, 4.69) is 0 Å². The number of hydrogen-bond donors (Lipinski definition) is 1. The molecule has 0 saturated carbocycles. The van der Waals surface area contributed by atoms with Gasteiger partial charge in [0.1, 0.15) is 6.54 Å². The van der Waals surface area contributed by atoms with Crippen LogP contribution in [-0.4, -0.2) is 34.0 Å². The fourth-order valence-electron chi connectivity index (χ4n) is 1.60. The highest BCUT2D eigenvalue weighted by atomic mass is 16.4. The fourth-order valence-corrected chi connectivity index (χ4v) is 1.60. The molecule has 94 valence electrons. The number of carboxylic acid groups (broad SMARTS) is 1. The zero-order chi connectivity index (χ0) is 12.9. The number of carbonyl (C=O) groups is 2. The molecular formula is C12H23NO3. The third-order valence-electron chi connectivity index (χ3n) is 2.51. The predicted octanol–water partition coefficient (Wildman–Crippen LogP) is 2.13. The average Bonchev–Trinajstić information content (AvgIpc) is 2.11. The van der Waals surface area contributed by atoms with Gasteiger partial charge in [-0.25, -0.2) is 0 Å². The molecule has 0 rings (SSSR count). The van der Waals surface area contributed by atoms with E-state index in [0.717, 1.165) is 12.8 Å². The highest BCUT2D eigenvalue weighted by Gasteiger charge is 2.30. The first-order valence-electron chi connectivity index (χ1n) is 5.73. The summed E-state index contributed by atoms with van der Waals surface area (Å²) in [5, 5.41) is 8.81. The Bertz CT molecular complexity index is 255. The van der Waals surface area contributed by atoms with Crippen LogP contribution in [0.1, 0.15) is 47.5 Å². The number of carboxylic acids is 1. The normalized spacial score (nSPS) is 13.3. The Kier molecular flexibility index (Phi) is 5.48. The standard InChI is InChI=1S/C12H23NO3/c1-6-7-9(2)11(16)13(8-10(14)15)12(3,4)5/h9H,6-8H2,1-5H3,(H,14,15). The molecule has 0 radical (unpaired) electrons. The highest BCUT2D eigenvalue weighted by molar-refractivity contribution is 5.83. The maximum Gasteiger partial charge on any atom is 0.323 e. The topological polar surface area (TPSA) is 57.6 Å². The lowest BCUT2D eigenvalue weighted by molar-refractivity contribution is -0.150. The van der Waals surface area contributed by atoms with Crippen LogP contribution >= 0.6 is 0 Å². The van der Waals surface area contributed by atoms with E-state index >= 15 is 0 Å². The molecule has 0 saturated heterocycles. The summed E-state index contributed by atoms with van der Waals surface area (Å²) in [5.74, 6) is -1.15. The van der Waals surface area contributed by atoms with Crippen LogP contribution in [0.15, 0.2) is 0 Å². The number of rotatable bonds is 5. The van der Waals surface area contributed by atoms with Gasteiger partial charge in [-0.15, -0.1) is 0 Å². The lowest BCUT2D eigenvalue weighted by atomic mass is 9.99. The van der Waals surface area contributed by atoms with Crippen LogP contribution in [0.5, 0.6) is 0 Å². The molecule has 1 unspecified atom stereocenters. The maximum absolute atomic E-state index is 12.1. The van der Waals surface area contributed by atoms with Gasteiger partial charge in [-0.2, -0.15) is 0 Å². The van der Waals surface area contributed by atoms with Crippen molar-refractivity contribution in [2.24, 2.45) is 5.92 Å². The van der Waals surface area contributed by atoms with Gasteiger partial charge in [-0.1, -0.05) is 20.3 Å². The van der Waals surface area contributed by atoms with Crippen molar-refractivity contribution in [2.75, 3.05) is 6.54 Å². The number of nitrogens with zero attached hydrogens (tertiary/aromatic N) is 1. The smallest absolute Gasteiger partial charge is 0.323 e. The lowest BCUT2D eigenvalue weighted by Crippen LogP contribution is -2.50. The van der Waals surface area contributed by atoms with E-state index in [1.54, 1.807) is 0 Å². The molecule has 0 aliphatic rings. The Morgan fingerprint density at radius 1 is 1.31 bits per heavy atom. The summed E-state index contributed by atoms with van der Waals surface area (Å²) in [6.45, 7) is 9.21. The second kappa shape index (κ2) is 5.87. The highest BCUT2D eigenvalue weighted by Crippen LogP contribution is 2.18. The van der Waals surface area contributed by atoms with Gasteiger partial charge in [0.15, 0.2) is 0 Å². The Morgan fingerprint density at radius 3 is 2.12 bits per heavy atom. The quantitative estimate of drug-likeness (QED) is 0.785. The van der Waals surface area contributed by atoms with Crippen molar-refractivity contribution < 1.29 is 14.7 Å². The summed E-state index contributed by atoms with van der Waals surface area (Å²) < 4.78 is 0. The van der Waals surface area contributed by atoms with Gasteiger partial charge in [-0.05, 0) is 27.2 Å². The molecule has 1 N–H and O–H groups in total. The van der Waals surface area contributed by atoms with Crippen LogP contribution in [0.4, 0.5) is 0 Å². The van der Waals surface area contributed by atoms with Gasteiger partial charge in [0, 0.05) is 11.5 Å². The fraction of sp³-hybridized carbons (Fsp3) is 0.833. The van der Waals surface area contributed by atoms with E-state index in [9.17, 15) is 9.59 Å². The summed E-state index contributed by atoms with van der Waals surface area (Å²) in [4.78, 5) is 24.3. The van der Waals surface area contributed by atoms with Gasteiger partial charge < -0.3 is 10.0 Å². The molecule has 1 atom stereocenters.